The number of aromatic nitrogens is 1. The van der Waals surface area contributed by atoms with E-state index >= 15 is 0 Å². The van der Waals surface area contributed by atoms with E-state index in [2.05, 4.69) is 9.98 Å². The topological polar surface area (TPSA) is 88.6 Å². The van der Waals surface area contributed by atoms with E-state index in [0.717, 1.165) is 27.7 Å². The molecule has 0 atom stereocenters. The molecule has 0 unspecified atom stereocenters. The van der Waals surface area contributed by atoms with E-state index in [9.17, 15) is 9.90 Å². The van der Waals surface area contributed by atoms with Gasteiger partial charge in [-0.2, -0.15) is 4.98 Å². The van der Waals surface area contributed by atoms with Crippen molar-refractivity contribution in [2.75, 3.05) is 5.73 Å². The van der Waals surface area contributed by atoms with Crippen molar-refractivity contribution in [1.82, 2.24) is 4.98 Å². The molecule has 0 bridgehead atoms. The zero-order chi connectivity index (χ0) is 13.7. The highest BCUT2D eigenvalue weighted by Gasteiger charge is 2.24. The molecule has 0 saturated carbocycles. The summed E-state index contributed by atoms with van der Waals surface area (Å²) in [6.07, 6.45) is 0. The highest BCUT2D eigenvalue weighted by molar-refractivity contribution is 7.17. The Morgan fingerprint density at radius 3 is 2.68 bits per heavy atom. The second-order valence-corrected chi connectivity index (χ2v) is 5.51. The molecular formula is C13H11N3O2S. The molecule has 5 nitrogen and oxygen atoms in total. The van der Waals surface area contributed by atoms with Crippen molar-refractivity contribution in [2.45, 2.75) is 13.8 Å². The summed E-state index contributed by atoms with van der Waals surface area (Å²) in [7, 11) is 0. The lowest BCUT2D eigenvalue weighted by atomic mass is 10.1. The third-order valence-corrected chi connectivity index (χ3v) is 3.89. The van der Waals surface area contributed by atoms with Gasteiger partial charge in [-0.1, -0.05) is 23.0 Å². The van der Waals surface area contributed by atoms with E-state index in [1.807, 2.05) is 26.0 Å². The molecule has 0 radical (unpaired) electrons. The summed E-state index contributed by atoms with van der Waals surface area (Å²) in [5.41, 5.74) is 7.93. The normalized spacial score (nSPS) is 13.6. The molecule has 96 valence electrons. The summed E-state index contributed by atoms with van der Waals surface area (Å²) in [5, 5.41) is 11.4. The van der Waals surface area contributed by atoms with E-state index in [1.54, 1.807) is 0 Å². The number of nitrogens with zero attached hydrogens (tertiary/aromatic N) is 2. The van der Waals surface area contributed by atoms with Crippen molar-refractivity contribution in [3.8, 4) is 5.88 Å². The molecule has 0 aliphatic carbocycles. The number of aromatic hydroxyl groups is 1. The third-order valence-electron chi connectivity index (χ3n) is 2.99. The zero-order valence-corrected chi connectivity index (χ0v) is 11.2. The average molecular weight is 273 g/mol. The molecule has 1 aromatic carbocycles. The maximum Gasteiger partial charge on any atom is 0.279 e. The van der Waals surface area contributed by atoms with E-state index < -0.39 is 0 Å². The van der Waals surface area contributed by atoms with Gasteiger partial charge in [0.15, 0.2) is 5.13 Å². The van der Waals surface area contributed by atoms with Crippen molar-refractivity contribution < 1.29 is 9.90 Å². The van der Waals surface area contributed by atoms with Crippen LogP contribution in [0, 0.1) is 13.8 Å². The van der Waals surface area contributed by atoms with Crippen LogP contribution in [0.2, 0.25) is 0 Å². The molecule has 2 heterocycles. The molecular weight excluding hydrogens is 262 g/mol. The SMILES string of the molecule is Cc1cc(C)c2c(c1)=C(c1sc(N)nc1O)C(=O)N=2. The number of nitrogen functional groups attached to an aromatic ring is 1. The third kappa shape index (κ3) is 1.72. The van der Waals surface area contributed by atoms with Crippen LogP contribution in [0.5, 0.6) is 5.88 Å². The van der Waals surface area contributed by atoms with Gasteiger partial charge in [-0.3, -0.25) is 4.79 Å². The predicted octanol–water partition coefficient (Wildman–Crippen LogP) is 0.407. The monoisotopic (exact) mass is 273 g/mol. The number of carbonyl (C=O) groups is 1. The standard InChI is InChI=1S/C13H11N3O2S/c1-5-3-6(2)9-7(4-5)8(11(17)15-9)10-12(18)16-13(14)19-10/h3-4,18H,1-2H3,(H2,14,16). The van der Waals surface area contributed by atoms with E-state index in [0.29, 0.717) is 15.8 Å². The van der Waals surface area contributed by atoms with Crippen LogP contribution in [0.4, 0.5) is 5.13 Å². The zero-order valence-electron chi connectivity index (χ0n) is 10.4. The van der Waals surface area contributed by atoms with Crippen LogP contribution in [-0.4, -0.2) is 16.0 Å². The Kier molecular flexibility index (Phi) is 2.43. The Balaban J connectivity index is 2.45. The quantitative estimate of drug-likeness (QED) is 0.787. The Morgan fingerprint density at radius 2 is 2.05 bits per heavy atom. The van der Waals surface area contributed by atoms with E-state index in [-0.39, 0.29) is 16.9 Å². The maximum absolute atomic E-state index is 12.1. The largest absolute Gasteiger partial charge is 0.492 e. The van der Waals surface area contributed by atoms with Gasteiger partial charge in [-0.25, -0.2) is 4.99 Å². The molecule has 3 rings (SSSR count). The smallest absolute Gasteiger partial charge is 0.279 e. The number of anilines is 1. The molecule has 1 amide bonds. The summed E-state index contributed by atoms with van der Waals surface area (Å²) in [6.45, 7) is 3.86. The summed E-state index contributed by atoms with van der Waals surface area (Å²) in [4.78, 5) is 20.3. The number of amides is 1. The molecule has 6 heteroatoms. The van der Waals surface area contributed by atoms with Crippen LogP contribution < -0.4 is 16.3 Å². The number of benzene rings is 1. The summed E-state index contributed by atoms with van der Waals surface area (Å²) in [6, 6.07) is 3.86. The molecule has 3 N–H and O–H groups in total. The molecule has 2 aromatic rings. The summed E-state index contributed by atoms with van der Waals surface area (Å²) >= 11 is 1.09. The van der Waals surface area contributed by atoms with Gasteiger partial charge in [0, 0.05) is 5.22 Å². The highest BCUT2D eigenvalue weighted by Crippen LogP contribution is 2.32. The first-order chi connectivity index (χ1) is 8.97. The van der Waals surface area contributed by atoms with Crippen LogP contribution in [0.25, 0.3) is 5.57 Å². The van der Waals surface area contributed by atoms with Gasteiger partial charge in [-0.05, 0) is 25.5 Å². The van der Waals surface area contributed by atoms with Crippen LogP contribution in [0.3, 0.4) is 0 Å². The Morgan fingerprint density at radius 1 is 1.32 bits per heavy atom. The molecule has 1 aromatic heterocycles. The van der Waals surface area contributed by atoms with Gasteiger partial charge < -0.3 is 10.8 Å². The van der Waals surface area contributed by atoms with Crippen LogP contribution in [-0.2, 0) is 4.79 Å². The summed E-state index contributed by atoms with van der Waals surface area (Å²) in [5.74, 6) is -0.573. The van der Waals surface area contributed by atoms with Crippen LogP contribution in [0.15, 0.2) is 17.1 Å². The van der Waals surface area contributed by atoms with Crippen molar-refractivity contribution in [3.05, 3.63) is 38.7 Å². The van der Waals surface area contributed by atoms with Crippen molar-refractivity contribution >= 4 is 27.9 Å². The number of rotatable bonds is 1. The van der Waals surface area contributed by atoms with Crippen molar-refractivity contribution in [1.29, 1.82) is 0 Å². The molecule has 1 aliphatic heterocycles. The fourth-order valence-electron chi connectivity index (χ4n) is 2.28. The molecule has 0 saturated heterocycles. The first-order valence-electron chi connectivity index (χ1n) is 5.67. The Bertz CT molecular complexity index is 836. The summed E-state index contributed by atoms with van der Waals surface area (Å²) < 4.78 is 0. The van der Waals surface area contributed by atoms with Crippen LogP contribution in [0.1, 0.15) is 16.0 Å². The number of nitrogens with two attached hydrogens (primary N) is 1. The Labute approximate surface area is 112 Å². The van der Waals surface area contributed by atoms with Crippen molar-refractivity contribution in [3.63, 3.8) is 0 Å². The molecule has 0 fully saturated rings. The lowest BCUT2D eigenvalue weighted by molar-refractivity contribution is -0.112. The minimum absolute atomic E-state index is 0.215. The first-order valence-corrected chi connectivity index (χ1v) is 6.49. The number of hydrogen-bond acceptors (Lipinski definition) is 5. The van der Waals surface area contributed by atoms with Gasteiger partial charge in [0.1, 0.15) is 4.88 Å². The van der Waals surface area contributed by atoms with Gasteiger partial charge in [0.2, 0.25) is 5.88 Å². The number of thiazole rings is 1. The van der Waals surface area contributed by atoms with Gasteiger partial charge >= 0.3 is 0 Å². The number of hydrogen-bond donors (Lipinski definition) is 2. The molecule has 1 aliphatic rings. The van der Waals surface area contributed by atoms with Crippen LogP contribution >= 0.6 is 11.3 Å². The van der Waals surface area contributed by atoms with Crippen molar-refractivity contribution in [2.24, 2.45) is 4.99 Å². The maximum atomic E-state index is 12.1. The molecule has 0 spiro atoms. The van der Waals surface area contributed by atoms with Gasteiger partial charge in [0.25, 0.3) is 5.91 Å². The first kappa shape index (κ1) is 11.9. The van der Waals surface area contributed by atoms with Gasteiger partial charge in [-0.15, -0.1) is 0 Å². The minimum atomic E-state index is -0.359. The Hall–Kier alpha value is -2.21. The number of carbonyl (C=O) groups excluding carboxylic acids is 1. The fraction of sp³-hybridized carbons (Fsp3) is 0.154. The van der Waals surface area contributed by atoms with Gasteiger partial charge in [0.05, 0.1) is 10.9 Å². The van der Waals surface area contributed by atoms with E-state index in [1.165, 1.54) is 0 Å². The lowest BCUT2D eigenvalue weighted by Crippen LogP contribution is -2.26. The second-order valence-electron chi connectivity index (χ2n) is 4.47. The fourth-order valence-corrected chi connectivity index (χ4v) is 3.06. The van der Waals surface area contributed by atoms with E-state index in [4.69, 9.17) is 5.73 Å². The predicted molar refractivity (Wildman–Crippen MR) is 72.4 cm³/mol. The lowest BCUT2D eigenvalue weighted by Gasteiger charge is -1.98. The average Bonchev–Trinajstić information content (AvgIpc) is 2.78. The number of fused-ring (bicyclic) bond motifs is 1. The number of aryl methyl sites for hydroxylation is 2. The second kappa shape index (κ2) is 3.89. The molecule has 19 heavy (non-hydrogen) atoms. The minimum Gasteiger partial charge on any atom is -0.492 e. The highest BCUT2D eigenvalue weighted by atomic mass is 32.1.